The van der Waals surface area contributed by atoms with Crippen molar-refractivity contribution in [2.45, 2.75) is 26.4 Å². The van der Waals surface area contributed by atoms with Crippen LogP contribution in [0.25, 0.3) is 0 Å². The molecule has 1 aromatic carbocycles. The van der Waals surface area contributed by atoms with Crippen molar-refractivity contribution in [2.75, 3.05) is 13.7 Å². The molecule has 1 atom stereocenters. The number of carboxylic acid groups (broad SMARTS) is 1. The number of amides is 1. The molecule has 0 aliphatic heterocycles. The molecule has 0 saturated carbocycles. The SMILES string of the molecule is COCc1ccccc1C(=O)NCCCC(C)C(=O)O. The molecule has 1 amide bonds. The van der Waals surface area contributed by atoms with Gasteiger partial charge < -0.3 is 15.2 Å². The zero-order valence-electron chi connectivity index (χ0n) is 11.9. The first kappa shape index (κ1) is 16.2. The average molecular weight is 279 g/mol. The van der Waals surface area contributed by atoms with Crippen LogP contribution in [-0.4, -0.2) is 30.6 Å². The second-order valence-corrected chi connectivity index (χ2v) is 4.73. The summed E-state index contributed by atoms with van der Waals surface area (Å²) in [7, 11) is 1.59. The number of carboxylic acids is 1. The molecule has 0 fully saturated rings. The van der Waals surface area contributed by atoms with Crippen LogP contribution >= 0.6 is 0 Å². The molecular weight excluding hydrogens is 258 g/mol. The van der Waals surface area contributed by atoms with E-state index in [1.807, 2.05) is 12.1 Å². The summed E-state index contributed by atoms with van der Waals surface area (Å²) in [6, 6.07) is 7.27. The van der Waals surface area contributed by atoms with Gasteiger partial charge in [-0.1, -0.05) is 25.1 Å². The third-order valence-corrected chi connectivity index (χ3v) is 3.08. The van der Waals surface area contributed by atoms with Gasteiger partial charge in [-0.3, -0.25) is 9.59 Å². The highest BCUT2D eigenvalue weighted by atomic mass is 16.5. The van der Waals surface area contributed by atoms with Crippen molar-refractivity contribution in [1.29, 1.82) is 0 Å². The Hall–Kier alpha value is -1.88. The van der Waals surface area contributed by atoms with E-state index < -0.39 is 5.97 Å². The smallest absolute Gasteiger partial charge is 0.306 e. The molecule has 0 heterocycles. The second-order valence-electron chi connectivity index (χ2n) is 4.73. The Labute approximate surface area is 118 Å². The van der Waals surface area contributed by atoms with Gasteiger partial charge in [-0.25, -0.2) is 0 Å². The highest BCUT2D eigenvalue weighted by Crippen LogP contribution is 2.10. The van der Waals surface area contributed by atoms with Crippen molar-refractivity contribution in [3.8, 4) is 0 Å². The lowest BCUT2D eigenvalue weighted by atomic mass is 10.1. The van der Waals surface area contributed by atoms with Crippen molar-refractivity contribution in [1.82, 2.24) is 5.32 Å². The molecule has 1 unspecified atom stereocenters. The molecular formula is C15H21NO4. The molecule has 0 spiro atoms. The maximum Gasteiger partial charge on any atom is 0.306 e. The molecule has 1 aromatic rings. The van der Waals surface area contributed by atoms with Crippen LogP contribution in [0.5, 0.6) is 0 Å². The van der Waals surface area contributed by atoms with Crippen LogP contribution < -0.4 is 5.32 Å². The Morgan fingerprint density at radius 1 is 1.35 bits per heavy atom. The molecule has 1 rings (SSSR count). The molecule has 2 N–H and O–H groups in total. The van der Waals surface area contributed by atoms with Crippen molar-refractivity contribution in [3.05, 3.63) is 35.4 Å². The first-order valence-corrected chi connectivity index (χ1v) is 6.64. The van der Waals surface area contributed by atoms with Crippen LogP contribution in [0.4, 0.5) is 0 Å². The number of methoxy groups -OCH3 is 1. The molecule has 0 bridgehead atoms. The van der Waals surface area contributed by atoms with E-state index in [1.165, 1.54) is 0 Å². The lowest BCUT2D eigenvalue weighted by Crippen LogP contribution is -2.26. The highest BCUT2D eigenvalue weighted by Gasteiger charge is 2.12. The van der Waals surface area contributed by atoms with Crippen molar-refractivity contribution in [2.24, 2.45) is 5.92 Å². The number of carbonyl (C=O) groups excluding carboxylic acids is 1. The fourth-order valence-corrected chi connectivity index (χ4v) is 1.85. The van der Waals surface area contributed by atoms with Gasteiger partial charge in [0, 0.05) is 19.2 Å². The summed E-state index contributed by atoms with van der Waals surface area (Å²) >= 11 is 0. The summed E-state index contributed by atoms with van der Waals surface area (Å²) in [5, 5.41) is 11.6. The van der Waals surface area contributed by atoms with Crippen LogP contribution in [0.3, 0.4) is 0 Å². The number of carbonyl (C=O) groups is 2. The van der Waals surface area contributed by atoms with Crippen LogP contribution in [-0.2, 0) is 16.1 Å². The Kier molecular flexibility index (Phi) is 6.73. The van der Waals surface area contributed by atoms with Gasteiger partial charge in [-0.15, -0.1) is 0 Å². The molecule has 0 radical (unpaired) electrons. The number of ether oxygens (including phenoxy) is 1. The fourth-order valence-electron chi connectivity index (χ4n) is 1.85. The molecule has 0 aliphatic carbocycles. The van der Waals surface area contributed by atoms with E-state index >= 15 is 0 Å². The molecule has 110 valence electrons. The van der Waals surface area contributed by atoms with Gasteiger partial charge in [0.2, 0.25) is 0 Å². The molecule has 0 saturated heterocycles. The number of nitrogens with one attached hydrogen (secondary N) is 1. The third kappa shape index (κ3) is 5.01. The van der Waals surface area contributed by atoms with E-state index in [9.17, 15) is 9.59 Å². The molecule has 0 aromatic heterocycles. The van der Waals surface area contributed by atoms with Gasteiger partial charge in [0.15, 0.2) is 0 Å². The Morgan fingerprint density at radius 2 is 2.05 bits per heavy atom. The van der Waals surface area contributed by atoms with Gasteiger partial charge in [0.1, 0.15) is 0 Å². The number of benzene rings is 1. The summed E-state index contributed by atoms with van der Waals surface area (Å²) in [5.74, 6) is -1.34. The highest BCUT2D eigenvalue weighted by molar-refractivity contribution is 5.95. The summed E-state index contributed by atoms with van der Waals surface area (Å²) < 4.78 is 5.06. The van der Waals surface area contributed by atoms with E-state index in [0.29, 0.717) is 31.6 Å². The van der Waals surface area contributed by atoms with Gasteiger partial charge >= 0.3 is 5.97 Å². The zero-order chi connectivity index (χ0) is 15.0. The Balaban J connectivity index is 2.45. The number of hydrogen-bond acceptors (Lipinski definition) is 3. The second kappa shape index (κ2) is 8.32. The van der Waals surface area contributed by atoms with Crippen LogP contribution in [0, 0.1) is 5.92 Å². The van der Waals surface area contributed by atoms with Crippen molar-refractivity contribution in [3.63, 3.8) is 0 Å². The van der Waals surface area contributed by atoms with Gasteiger partial charge in [0.05, 0.1) is 12.5 Å². The van der Waals surface area contributed by atoms with Gasteiger partial charge in [0.25, 0.3) is 5.91 Å². The van der Waals surface area contributed by atoms with Crippen LogP contribution in [0.15, 0.2) is 24.3 Å². The monoisotopic (exact) mass is 279 g/mol. The number of rotatable bonds is 8. The molecule has 5 heteroatoms. The normalized spacial score (nSPS) is 11.9. The van der Waals surface area contributed by atoms with Gasteiger partial charge in [-0.05, 0) is 24.5 Å². The van der Waals surface area contributed by atoms with E-state index in [1.54, 1.807) is 26.2 Å². The summed E-state index contributed by atoms with van der Waals surface area (Å²) in [4.78, 5) is 22.7. The fraction of sp³-hybridized carbons (Fsp3) is 0.467. The van der Waals surface area contributed by atoms with Crippen molar-refractivity contribution < 1.29 is 19.4 Å². The minimum absolute atomic E-state index is 0.152. The van der Waals surface area contributed by atoms with E-state index in [-0.39, 0.29) is 11.8 Å². The Morgan fingerprint density at radius 3 is 2.70 bits per heavy atom. The standard InChI is InChI=1S/C15H21NO4/c1-11(15(18)19)6-5-9-16-14(17)13-8-4-3-7-12(13)10-20-2/h3-4,7-8,11H,5-6,9-10H2,1-2H3,(H,16,17)(H,18,19). The van der Waals surface area contributed by atoms with Crippen LogP contribution in [0.2, 0.25) is 0 Å². The Bertz CT molecular complexity index is 459. The maximum atomic E-state index is 12.0. The number of aliphatic carboxylic acids is 1. The van der Waals surface area contributed by atoms with E-state index in [2.05, 4.69) is 5.32 Å². The molecule has 0 aliphatic rings. The van der Waals surface area contributed by atoms with E-state index in [4.69, 9.17) is 9.84 Å². The van der Waals surface area contributed by atoms with E-state index in [0.717, 1.165) is 5.56 Å². The largest absolute Gasteiger partial charge is 0.481 e. The summed E-state index contributed by atoms with van der Waals surface area (Å²) in [5.41, 5.74) is 1.44. The molecule has 5 nitrogen and oxygen atoms in total. The zero-order valence-corrected chi connectivity index (χ0v) is 11.9. The third-order valence-electron chi connectivity index (χ3n) is 3.08. The van der Waals surface area contributed by atoms with Crippen LogP contribution in [0.1, 0.15) is 35.7 Å². The number of hydrogen-bond donors (Lipinski definition) is 2. The maximum absolute atomic E-state index is 12.0. The summed E-state index contributed by atoms with van der Waals surface area (Å²) in [6.07, 6.45) is 1.20. The quantitative estimate of drug-likeness (QED) is 0.714. The first-order valence-electron chi connectivity index (χ1n) is 6.64. The topological polar surface area (TPSA) is 75.6 Å². The average Bonchev–Trinajstić information content (AvgIpc) is 2.44. The minimum atomic E-state index is -0.804. The lowest BCUT2D eigenvalue weighted by molar-refractivity contribution is -0.141. The van der Waals surface area contributed by atoms with Gasteiger partial charge in [-0.2, -0.15) is 0 Å². The lowest BCUT2D eigenvalue weighted by Gasteiger charge is -2.10. The summed E-state index contributed by atoms with van der Waals surface area (Å²) in [6.45, 7) is 2.52. The molecule has 20 heavy (non-hydrogen) atoms. The first-order chi connectivity index (χ1) is 9.56. The minimum Gasteiger partial charge on any atom is -0.481 e. The predicted molar refractivity (Wildman–Crippen MR) is 75.5 cm³/mol. The predicted octanol–water partition coefficient (Wildman–Crippen LogP) is 2.06. The van der Waals surface area contributed by atoms with Crippen molar-refractivity contribution >= 4 is 11.9 Å².